The van der Waals surface area contributed by atoms with Crippen molar-refractivity contribution in [3.63, 3.8) is 0 Å². The van der Waals surface area contributed by atoms with E-state index in [0.717, 1.165) is 71.6 Å². The molecule has 37 heavy (non-hydrogen) atoms. The number of anilines is 2. The van der Waals surface area contributed by atoms with E-state index in [2.05, 4.69) is 29.9 Å². The van der Waals surface area contributed by atoms with Gasteiger partial charge in [-0.25, -0.2) is 9.67 Å². The first-order valence-corrected chi connectivity index (χ1v) is 12.8. The second-order valence-corrected chi connectivity index (χ2v) is 10.1. The van der Waals surface area contributed by atoms with Gasteiger partial charge in [0, 0.05) is 86.1 Å². The summed E-state index contributed by atoms with van der Waals surface area (Å²) in [5.74, 6) is 1.23. The van der Waals surface area contributed by atoms with Crippen molar-refractivity contribution in [2.45, 2.75) is 39.3 Å². The molecule has 0 atom stereocenters. The number of β-amino-alcohol motifs (C(OH)–C–C–N with tert-alkyl or cyclic N) is 1. The lowest BCUT2D eigenvalue weighted by atomic mass is 10.1. The number of hydrogen-bond donors (Lipinski definition) is 2. The second kappa shape index (κ2) is 9.28. The fourth-order valence-electron chi connectivity index (χ4n) is 5.35. The number of aromatic nitrogens is 5. The molecule has 0 aliphatic carbocycles. The number of carbonyl (C=O) groups is 1. The summed E-state index contributed by atoms with van der Waals surface area (Å²) in [4.78, 5) is 26.6. The van der Waals surface area contributed by atoms with Gasteiger partial charge >= 0.3 is 0 Å². The lowest BCUT2D eigenvalue weighted by Crippen LogP contribution is -2.49. The third-order valence-corrected chi connectivity index (χ3v) is 7.56. The summed E-state index contributed by atoms with van der Waals surface area (Å²) in [6.07, 6.45) is 5.60. The zero-order valence-electron chi connectivity index (χ0n) is 21.5. The van der Waals surface area contributed by atoms with Gasteiger partial charge in [-0.05, 0) is 44.9 Å². The molecule has 2 fully saturated rings. The number of carbonyl (C=O) groups excluding carboxylic acids is 1. The Kier molecular flexibility index (Phi) is 5.92. The average Bonchev–Trinajstić information content (AvgIpc) is 3.58. The molecule has 0 spiro atoms. The minimum Gasteiger partial charge on any atom is -0.390 e. The van der Waals surface area contributed by atoms with Crippen LogP contribution in [-0.4, -0.2) is 77.4 Å². The minimum atomic E-state index is -0.223. The molecule has 10 nitrogen and oxygen atoms in total. The summed E-state index contributed by atoms with van der Waals surface area (Å²) >= 11 is 0. The molecule has 0 bridgehead atoms. The van der Waals surface area contributed by atoms with E-state index >= 15 is 0 Å². The predicted octanol–water partition coefficient (Wildman–Crippen LogP) is 2.93. The molecule has 3 aromatic heterocycles. The molecule has 0 saturated carbocycles. The lowest BCUT2D eigenvalue weighted by Gasteiger charge is -2.35. The smallest absolute Gasteiger partial charge is 0.256 e. The van der Waals surface area contributed by atoms with E-state index in [1.165, 1.54) is 0 Å². The zero-order chi connectivity index (χ0) is 25.7. The topological polar surface area (TPSA) is 104 Å². The first-order chi connectivity index (χ1) is 17.9. The Balaban J connectivity index is 1.26. The van der Waals surface area contributed by atoms with Gasteiger partial charge in [0.2, 0.25) is 5.95 Å². The number of rotatable bonds is 6. The minimum absolute atomic E-state index is 0.105. The summed E-state index contributed by atoms with van der Waals surface area (Å²) in [7, 11) is 2.00. The van der Waals surface area contributed by atoms with Crippen molar-refractivity contribution >= 4 is 28.4 Å². The first-order valence-electron chi connectivity index (χ1n) is 12.8. The highest BCUT2D eigenvalue weighted by Crippen LogP contribution is 2.30. The van der Waals surface area contributed by atoms with Gasteiger partial charge in [-0.2, -0.15) is 10.1 Å². The molecule has 10 heteroatoms. The maximum absolute atomic E-state index is 13.3. The van der Waals surface area contributed by atoms with Gasteiger partial charge in [-0.1, -0.05) is 0 Å². The number of nitrogens with zero attached hydrogens (tertiary/aromatic N) is 7. The summed E-state index contributed by atoms with van der Waals surface area (Å²) in [6, 6.07) is 7.86. The van der Waals surface area contributed by atoms with Crippen LogP contribution in [0.15, 0.2) is 36.7 Å². The highest BCUT2D eigenvalue weighted by atomic mass is 16.3. The highest BCUT2D eigenvalue weighted by molar-refractivity contribution is 6.09. The molecule has 6 rings (SSSR count). The van der Waals surface area contributed by atoms with Crippen LogP contribution >= 0.6 is 0 Å². The van der Waals surface area contributed by atoms with E-state index in [-0.39, 0.29) is 12.0 Å². The van der Waals surface area contributed by atoms with Crippen molar-refractivity contribution in [1.29, 1.82) is 0 Å². The number of hydrogen-bond acceptors (Lipinski definition) is 7. The average molecular weight is 501 g/mol. The van der Waals surface area contributed by atoms with Gasteiger partial charge in [0.05, 0.1) is 17.4 Å². The van der Waals surface area contributed by atoms with Crippen molar-refractivity contribution < 1.29 is 9.90 Å². The monoisotopic (exact) mass is 500 g/mol. The van der Waals surface area contributed by atoms with Gasteiger partial charge in [0.25, 0.3) is 5.91 Å². The number of likely N-dealkylation sites (tertiary alicyclic amines) is 2. The lowest BCUT2D eigenvalue weighted by molar-refractivity contribution is -0.00297. The third-order valence-electron chi connectivity index (χ3n) is 7.56. The van der Waals surface area contributed by atoms with Gasteiger partial charge in [0.1, 0.15) is 0 Å². The second-order valence-electron chi connectivity index (χ2n) is 10.1. The van der Waals surface area contributed by atoms with Gasteiger partial charge in [-0.3, -0.25) is 9.69 Å². The SMILES string of the molecule is Cc1nn(-c2ccnc(Nc3ccc4c(c3)c(C(=O)N3CCCC3)c(C)n4C)n2)cc1CN1CC(O)C1. The van der Waals surface area contributed by atoms with Crippen LogP contribution in [0, 0.1) is 13.8 Å². The van der Waals surface area contributed by atoms with Crippen molar-refractivity contribution in [1.82, 2.24) is 34.1 Å². The number of aliphatic hydroxyl groups excluding tert-OH is 1. The van der Waals surface area contributed by atoms with Crippen molar-refractivity contribution in [3.05, 3.63) is 59.2 Å². The highest BCUT2D eigenvalue weighted by Gasteiger charge is 2.26. The molecule has 4 aromatic rings. The molecular weight excluding hydrogens is 468 g/mol. The largest absolute Gasteiger partial charge is 0.390 e. The van der Waals surface area contributed by atoms with Gasteiger partial charge in [0.15, 0.2) is 5.82 Å². The van der Waals surface area contributed by atoms with Gasteiger partial charge < -0.3 is 19.9 Å². The number of aliphatic hydroxyl groups is 1. The molecular formula is C27H32N8O2. The summed E-state index contributed by atoms with van der Waals surface area (Å²) in [5, 5.41) is 18.5. The molecule has 1 amide bonds. The van der Waals surface area contributed by atoms with E-state index < -0.39 is 0 Å². The van der Waals surface area contributed by atoms with Crippen LogP contribution in [0.3, 0.4) is 0 Å². The number of fused-ring (bicyclic) bond motifs is 1. The van der Waals surface area contributed by atoms with Crippen LogP contribution in [0.25, 0.3) is 16.7 Å². The molecule has 0 unspecified atom stereocenters. The molecule has 2 aliphatic heterocycles. The predicted molar refractivity (Wildman–Crippen MR) is 141 cm³/mol. The molecule has 2 aliphatic rings. The Morgan fingerprint density at radius 3 is 2.70 bits per heavy atom. The van der Waals surface area contributed by atoms with Crippen LogP contribution in [0.2, 0.25) is 0 Å². The number of aryl methyl sites for hydroxylation is 2. The van der Waals surface area contributed by atoms with Gasteiger partial charge in [-0.15, -0.1) is 0 Å². The van der Waals surface area contributed by atoms with E-state index in [4.69, 9.17) is 0 Å². The maximum atomic E-state index is 13.3. The molecule has 0 radical (unpaired) electrons. The number of amides is 1. The van der Waals surface area contributed by atoms with E-state index in [0.29, 0.717) is 24.9 Å². The Bertz CT molecular complexity index is 1480. The molecule has 2 saturated heterocycles. The molecule has 2 N–H and O–H groups in total. The zero-order valence-corrected chi connectivity index (χ0v) is 21.5. The van der Waals surface area contributed by atoms with Crippen molar-refractivity contribution in [2.75, 3.05) is 31.5 Å². The summed E-state index contributed by atoms with van der Waals surface area (Å²) in [5.41, 5.74) is 5.63. The fourth-order valence-corrected chi connectivity index (χ4v) is 5.35. The third kappa shape index (κ3) is 4.36. The van der Waals surface area contributed by atoms with E-state index in [1.54, 1.807) is 10.9 Å². The Morgan fingerprint density at radius 1 is 1.16 bits per heavy atom. The van der Waals surface area contributed by atoms with Crippen LogP contribution < -0.4 is 5.32 Å². The Hall–Kier alpha value is -3.76. The number of nitrogens with one attached hydrogen (secondary N) is 1. The molecule has 1 aromatic carbocycles. The first kappa shape index (κ1) is 23.6. The quantitative estimate of drug-likeness (QED) is 0.419. The van der Waals surface area contributed by atoms with E-state index in [9.17, 15) is 9.90 Å². The van der Waals surface area contributed by atoms with Crippen LogP contribution in [0.4, 0.5) is 11.6 Å². The van der Waals surface area contributed by atoms with Crippen molar-refractivity contribution in [3.8, 4) is 5.82 Å². The summed E-state index contributed by atoms with van der Waals surface area (Å²) < 4.78 is 3.85. The number of benzene rings is 1. The maximum Gasteiger partial charge on any atom is 0.256 e. The Morgan fingerprint density at radius 2 is 1.95 bits per heavy atom. The molecule has 192 valence electrons. The normalized spacial score (nSPS) is 16.5. The van der Waals surface area contributed by atoms with Crippen molar-refractivity contribution in [2.24, 2.45) is 7.05 Å². The summed E-state index contributed by atoms with van der Waals surface area (Å²) in [6.45, 7) is 7.79. The standard InChI is InChI=1S/C27H32N8O2/c1-17-19(13-33-15-21(36)16-33)14-35(31-17)24-8-9-28-27(30-24)29-20-6-7-23-22(12-20)25(18(2)32(23)3)26(37)34-10-4-5-11-34/h6-9,12,14,21,36H,4-5,10-11,13,15-16H2,1-3H3,(H,28,29,30). The Labute approximate surface area is 215 Å². The van der Waals surface area contributed by atoms with Crippen LogP contribution in [0.5, 0.6) is 0 Å². The fraction of sp³-hybridized carbons (Fsp3) is 0.407. The van der Waals surface area contributed by atoms with E-state index in [1.807, 2.05) is 56.3 Å². The van der Waals surface area contributed by atoms with Crippen LogP contribution in [-0.2, 0) is 13.6 Å². The molecule has 5 heterocycles. The van der Waals surface area contributed by atoms with Crippen LogP contribution in [0.1, 0.15) is 40.2 Å².